The predicted octanol–water partition coefficient (Wildman–Crippen LogP) is 1.88. The van der Waals surface area contributed by atoms with Gasteiger partial charge in [0.2, 0.25) is 11.8 Å². The van der Waals surface area contributed by atoms with Crippen molar-refractivity contribution in [3.8, 4) is 0 Å². The van der Waals surface area contributed by atoms with E-state index in [0.29, 0.717) is 5.92 Å². The minimum absolute atomic E-state index is 0.0990. The van der Waals surface area contributed by atoms with E-state index in [1.54, 1.807) is 20.8 Å². The van der Waals surface area contributed by atoms with Crippen LogP contribution in [0.15, 0.2) is 0 Å². The molecule has 8 nitrogen and oxygen atoms in total. The molecule has 4 N–H and O–H groups in total. The molecular weight excluding hydrogens is 376 g/mol. The molecule has 0 spiro atoms. The molecule has 8 heteroatoms. The Bertz CT molecular complexity index is 668. The summed E-state index contributed by atoms with van der Waals surface area (Å²) in [5, 5.41) is 24.8. The Morgan fingerprint density at radius 3 is 1.62 bits per heavy atom. The Morgan fingerprint density at radius 1 is 0.759 bits per heavy atom. The van der Waals surface area contributed by atoms with E-state index in [4.69, 9.17) is 0 Å². The molecule has 0 bridgehead atoms. The average molecular weight is 411 g/mol. The third-order valence-corrected chi connectivity index (χ3v) is 6.23. The van der Waals surface area contributed by atoms with Crippen LogP contribution in [0.25, 0.3) is 0 Å². The summed E-state index contributed by atoms with van der Waals surface area (Å²) in [5.74, 6) is -8.66. The maximum atomic E-state index is 12.9. The van der Waals surface area contributed by atoms with E-state index in [2.05, 4.69) is 31.4 Å². The van der Waals surface area contributed by atoms with Crippen LogP contribution in [0, 0.1) is 35.0 Å². The predicted molar refractivity (Wildman–Crippen MR) is 106 cm³/mol. The molecule has 0 heterocycles. The molecule has 0 aromatic carbocycles. The third-order valence-electron chi connectivity index (χ3n) is 6.23. The summed E-state index contributed by atoms with van der Waals surface area (Å²) in [5.41, 5.74) is -0.526. The molecule has 0 aliphatic heterocycles. The molecule has 2 saturated carbocycles. The van der Waals surface area contributed by atoms with Crippen LogP contribution in [-0.2, 0) is 19.2 Å². The Labute approximate surface area is 171 Å². The number of rotatable bonds is 5. The van der Waals surface area contributed by atoms with Gasteiger partial charge in [-0.2, -0.15) is 0 Å². The van der Waals surface area contributed by atoms with Crippen molar-refractivity contribution < 1.29 is 29.4 Å². The highest BCUT2D eigenvalue weighted by molar-refractivity contribution is 5.99. The van der Waals surface area contributed by atoms with Crippen LogP contribution in [0.5, 0.6) is 0 Å². The van der Waals surface area contributed by atoms with Crippen molar-refractivity contribution in [3.05, 3.63) is 0 Å². The van der Waals surface area contributed by atoms with Crippen molar-refractivity contribution in [2.24, 2.45) is 35.0 Å². The number of carboxylic acids is 2. The van der Waals surface area contributed by atoms with E-state index >= 15 is 0 Å². The molecule has 29 heavy (non-hydrogen) atoms. The van der Waals surface area contributed by atoms with Gasteiger partial charge in [-0.05, 0) is 51.4 Å². The normalized spacial score (nSPS) is 32.2. The van der Waals surface area contributed by atoms with Gasteiger partial charge in [-0.3, -0.25) is 19.2 Å². The first-order valence-corrected chi connectivity index (χ1v) is 10.2. The highest BCUT2D eigenvalue weighted by Gasteiger charge is 2.64. The van der Waals surface area contributed by atoms with Crippen LogP contribution in [0.1, 0.15) is 60.8 Å². The number of carboxylic acid groups (broad SMARTS) is 2. The van der Waals surface area contributed by atoms with Gasteiger partial charge in [-0.1, -0.05) is 20.8 Å². The van der Waals surface area contributed by atoms with Crippen molar-refractivity contribution in [1.29, 1.82) is 0 Å². The van der Waals surface area contributed by atoms with Gasteiger partial charge in [0.25, 0.3) is 0 Å². The summed E-state index contributed by atoms with van der Waals surface area (Å²) < 4.78 is 0. The minimum Gasteiger partial charge on any atom is -0.481 e. The van der Waals surface area contributed by atoms with Crippen LogP contribution in [0.2, 0.25) is 0 Å². The van der Waals surface area contributed by atoms with E-state index in [1.807, 2.05) is 0 Å². The van der Waals surface area contributed by atoms with E-state index in [0.717, 1.165) is 19.3 Å². The van der Waals surface area contributed by atoms with Crippen molar-refractivity contribution in [1.82, 2.24) is 10.6 Å². The zero-order valence-electron chi connectivity index (χ0n) is 18.1. The Balaban J connectivity index is 2.15. The fourth-order valence-corrected chi connectivity index (χ4v) is 4.66. The summed E-state index contributed by atoms with van der Waals surface area (Å²) in [6.45, 7) is 11.6. The van der Waals surface area contributed by atoms with Gasteiger partial charge in [0.1, 0.15) is 0 Å². The molecule has 2 aliphatic carbocycles. The SMILES string of the molecule is CC(C)(C)NC(=O)C1C(C(=O)O)C(C(=O)NC2CCC(C(C)(C)C)C2)C1C(=O)O. The second kappa shape index (κ2) is 7.95. The van der Waals surface area contributed by atoms with Crippen LogP contribution in [-0.4, -0.2) is 45.5 Å². The van der Waals surface area contributed by atoms with Gasteiger partial charge >= 0.3 is 11.9 Å². The zero-order valence-corrected chi connectivity index (χ0v) is 18.1. The summed E-state index contributed by atoms with van der Waals surface area (Å²) in [6.07, 6.45) is 2.52. The van der Waals surface area contributed by atoms with Crippen LogP contribution in [0.3, 0.4) is 0 Å². The Kier molecular flexibility index (Phi) is 6.35. The van der Waals surface area contributed by atoms with Crippen molar-refractivity contribution >= 4 is 23.8 Å². The van der Waals surface area contributed by atoms with Gasteiger partial charge < -0.3 is 20.8 Å². The molecule has 2 rings (SSSR count). The summed E-state index contributed by atoms with van der Waals surface area (Å²) in [6, 6.07) is -0.0990. The van der Waals surface area contributed by atoms with Crippen molar-refractivity contribution in [2.75, 3.05) is 0 Å². The maximum Gasteiger partial charge on any atom is 0.308 e. The monoisotopic (exact) mass is 410 g/mol. The molecule has 0 aromatic heterocycles. The number of carbonyl (C=O) groups excluding carboxylic acids is 2. The van der Waals surface area contributed by atoms with Gasteiger partial charge in [0.15, 0.2) is 0 Å². The minimum atomic E-state index is -1.35. The molecule has 2 fully saturated rings. The molecule has 2 amide bonds. The zero-order chi connectivity index (χ0) is 22.3. The topological polar surface area (TPSA) is 133 Å². The van der Waals surface area contributed by atoms with Crippen LogP contribution >= 0.6 is 0 Å². The van der Waals surface area contributed by atoms with E-state index in [9.17, 15) is 29.4 Å². The number of nitrogens with one attached hydrogen (secondary N) is 2. The molecule has 4 unspecified atom stereocenters. The molecule has 0 aromatic rings. The highest BCUT2D eigenvalue weighted by Crippen LogP contribution is 2.48. The second-order valence-corrected chi connectivity index (χ2v) is 10.6. The van der Waals surface area contributed by atoms with E-state index < -0.39 is 53.0 Å². The number of carbonyl (C=O) groups is 4. The second-order valence-electron chi connectivity index (χ2n) is 10.6. The Hall–Kier alpha value is -2.12. The largest absolute Gasteiger partial charge is 0.481 e. The Morgan fingerprint density at radius 2 is 1.24 bits per heavy atom. The summed E-state index contributed by atoms with van der Waals surface area (Å²) in [7, 11) is 0. The first-order valence-electron chi connectivity index (χ1n) is 10.2. The molecule has 4 atom stereocenters. The maximum absolute atomic E-state index is 12.9. The smallest absolute Gasteiger partial charge is 0.308 e. The van der Waals surface area contributed by atoms with Crippen LogP contribution < -0.4 is 10.6 Å². The highest BCUT2D eigenvalue weighted by atomic mass is 16.4. The first kappa shape index (κ1) is 23.2. The summed E-state index contributed by atoms with van der Waals surface area (Å²) in [4.78, 5) is 49.0. The first-order chi connectivity index (χ1) is 13.1. The fraction of sp³-hybridized carbons (Fsp3) is 0.810. The van der Waals surface area contributed by atoms with Gasteiger partial charge in [-0.25, -0.2) is 0 Å². The lowest BCUT2D eigenvalue weighted by atomic mass is 9.55. The van der Waals surface area contributed by atoms with Gasteiger partial charge in [0.05, 0.1) is 23.7 Å². The third kappa shape index (κ3) is 5.08. The van der Waals surface area contributed by atoms with E-state index in [1.165, 1.54) is 0 Å². The number of hydrogen-bond donors (Lipinski definition) is 4. The number of aliphatic carboxylic acids is 2. The van der Waals surface area contributed by atoms with Crippen LogP contribution in [0.4, 0.5) is 0 Å². The lowest BCUT2D eigenvalue weighted by Gasteiger charge is -2.46. The lowest BCUT2D eigenvalue weighted by molar-refractivity contribution is -0.181. The molecular formula is C21H34N2O6. The lowest BCUT2D eigenvalue weighted by Crippen LogP contribution is -2.65. The summed E-state index contributed by atoms with van der Waals surface area (Å²) >= 11 is 0. The van der Waals surface area contributed by atoms with Gasteiger partial charge in [-0.15, -0.1) is 0 Å². The molecule has 2 aliphatic rings. The average Bonchev–Trinajstić information content (AvgIpc) is 2.91. The van der Waals surface area contributed by atoms with Crippen molar-refractivity contribution in [2.45, 2.75) is 72.4 Å². The standard InChI is InChI=1S/C21H34N2O6/c1-20(2,3)10-7-8-11(9-10)22-16(24)12-14(18(26)27)13(15(12)19(28)29)17(25)23-21(4,5)6/h10-15H,7-9H2,1-6H3,(H,22,24)(H,23,25)(H,26,27)(H,28,29). The molecule has 0 radical (unpaired) electrons. The quantitative estimate of drug-likeness (QED) is 0.547. The van der Waals surface area contributed by atoms with Crippen molar-refractivity contribution in [3.63, 3.8) is 0 Å². The molecule has 164 valence electrons. The van der Waals surface area contributed by atoms with Gasteiger partial charge in [0, 0.05) is 11.6 Å². The fourth-order valence-electron chi connectivity index (χ4n) is 4.66. The molecule has 0 saturated heterocycles. The number of hydrogen-bond acceptors (Lipinski definition) is 4. The van der Waals surface area contributed by atoms with E-state index in [-0.39, 0.29) is 11.5 Å². The number of amides is 2.